The van der Waals surface area contributed by atoms with Crippen molar-refractivity contribution in [3.8, 4) is 5.75 Å². The molecule has 1 rings (SSSR count). The molecule has 1 N–H and O–H groups in total. The van der Waals surface area contributed by atoms with E-state index in [1.165, 1.54) is 0 Å². The maximum atomic E-state index is 11.7. The van der Waals surface area contributed by atoms with Crippen molar-refractivity contribution < 1.29 is 14.6 Å². The van der Waals surface area contributed by atoms with E-state index in [0.717, 1.165) is 5.75 Å². The summed E-state index contributed by atoms with van der Waals surface area (Å²) in [6, 6.07) is 9.41. The molecule has 0 saturated carbocycles. The third-order valence-electron chi connectivity index (χ3n) is 2.87. The molecule has 4 heteroatoms. The van der Waals surface area contributed by atoms with Gasteiger partial charge in [0.1, 0.15) is 5.75 Å². The summed E-state index contributed by atoms with van der Waals surface area (Å²) in [5, 5.41) is 8.96. The molecular formula is C14H21NO3. The van der Waals surface area contributed by atoms with Crippen LogP contribution in [0.5, 0.6) is 5.75 Å². The molecule has 1 atom stereocenters. The number of ether oxygens (including phenoxy) is 1. The Morgan fingerprint density at radius 2 is 2.06 bits per heavy atom. The van der Waals surface area contributed by atoms with Crippen molar-refractivity contribution in [1.29, 1.82) is 0 Å². The van der Waals surface area contributed by atoms with E-state index in [-0.39, 0.29) is 18.6 Å². The predicted molar refractivity (Wildman–Crippen MR) is 70.5 cm³/mol. The number of carbonyl (C=O) groups is 1. The fourth-order valence-corrected chi connectivity index (χ4v) is 1.47. The van der Waals surface area contributed by atoms with Gasteiger partial charge < -0.3 is 14.7 Å². The first kappa shape index (κ1) is 14.5. The number of hydrogen-bond donors (Lipinski definition) is 1. The van der Waals surface area contributed by atoms with Crippen LogP contribution in [0, 0.1) is 0 Å². The minimum Gasteiger partial charge on any atom is -0.494 e. The number of amides is 1. The van der Waals surface area contributed by atoms with Crippen LogP contribution < -0.4 is 4.74 Å². The Bertz CT molecular complexity index is 353. The summed E-state index contributed by atoms with van der Waals surface area (Å²) in [5.41, 5.74) is 0. The standard InChI is InChI=1S/C14H21NO3/c1-12(11-16)15(2)14(17)9-6-10-18-13-7-4-3-5-8-13/h3-5,7-8,12,16H,6,9-11H2,1-2H3. The summed E-state index contributed by atoms with van der Waals surface area (Å²) in [5.74, 6) is 0.857. The lowest BCUT2D eigenvalue weighted by atomic mass is 10.2. The molecule has 4 nitrogen and oxygen atoms in total. The summed E-state index contributed by atoms with van der Waals surface area (Å²) in [7, 11) is 1.71. The third-order valence-corrected chi connectivity index (χ3v) is 2.87. The van der Waals surface area contributed by atoms with E-state index in [1.807, 2.05) is 37.3 Å². The average molecular weight is 251 g/mol. The minimum absolute atomic E-state index is 0.0112. The third kappa shape index (κ3) is 4.75. The molecule has 18 heavy (non-hydrogen) atoms. The summed E-state index contributed by atoms with van der Waals surface area (Å²) >= 11 is 0. The molecule has 1 unspecified atom stereocenters. The van der Waals surface area contributed by atoms with Gasteiger partial charge in [0, 0.05) is 13.5 Å². The number of hydrogen-bond acceptors (Lipinski definition) is 3. The molecule has 1 aromatic carbocycles. The average Bonchev–Trinajstić information content (AvgIpc) is 2.42. The Labute approximate surface area is 108 Å². The number of aliphatic hydroxyl groups is 1. The van der Waals surface area contributed by atoms with Gasteiger partial charge in [-0.1, -0.05) is 18.2 Å². The quantitative estimate of drug-likeness (QED) is 0.750. The topological polar surface area (TPSA) is 49.8 Å². The van der Waals surface area contributed by atoms with Gasteiger partial charge in [0.15, 0.2) is 0 Å². The van der Waals surface area contributed by atoms with E-state index in [4.69, 9.17) is 9.84 Å². The molecule has 0 heterocycles. The van der Waals surface area contributed by atoms with E-state index in [2.05, 4.69) is 0 Å². The van der Waals surface area contributed by atoms with Crippen molar-refractivity contribution >= 4 is 5.91 Å². The maximum absolute atomic E-state index is 11.7. The van der Waals surface area contributed by atoms with Crippen LogP contribution >= 0.6 is 0 Å². The molecule has 0 saturated heterocycles. The lowest BCUT2D eigenvalue weighted by molar-refractivity contribution is -0.132. The smallest absolute Gasteiger partial charge is 0.222 e. The Hall–Kier alpha value is -1.55. The second-order valence-electron chi connectivity index (χ2n) is 4.30. The summed E-state index contributed by atoms with van der Waals surface area (Å²) < 4.78 is 5.50. The number of rotatable bonds is 7. The van der Waals surface area contributed by atoms with E-state index in [0.29, 0.717) is 19.4 Å². The highest BCUT2D eigenvalue weighted by atomic mass is 16.5. The van der Waals surface area contributed by atoms with Gasteiger partial charge in [-0.3, -0.25) is 4.79 Å². The van der Waals surface area contributed by atoms with Gasteiger partial charge in [-0.25, -0.2) is 0 Å². The van der Waals surface area contributed by atoms with E-state index < -0.39 is 0 Å². The normalized spacial score (nSPS) is 11.9. The molecule has 0 radical (unpaired) electrons. The predicted octanol–water partition coefficient (Wildman–Crippen LogP) is 1.68. The van der Waals surface area contributed by atoms with Crippen molar-refractivity contribution in [2.24, 2.45) is 0 Å². The first-order valence-electron chi connectivity index (χ1n) is 6.19. The van der Waals surface area contributed by atoms with Gasteiger partial charge >= 0.3 is 0 Å². The second-order valence-corrected chi connectivity index (χ2v) is 4.30. The van der Waals surface area contributed by atoms with Crippen molar-refractivity contribution in [2.45, 2.75) is 25.8 Å². The number of para-hydroxylation sites is 1. The Balaban J connectivity index is 2.20. The molecule has 0 bridgehead atoms. The second kappa shape index (κ2) is 7.71. The molecule has 0 aromatic heterocycles. The molecule has 0 aliphatic rings. The van der Waals surface area contributed by atoms with E-state index >= 15 is 0 Å². The van der Waals surface area contributed by atoms with Crippen LogP contribution in [0.25, 0.3) is 0 Å². The Kier molecular flexibility index (Phi) is 6.22. The summed E-state index contributed by atoms with van der Waals surface area (Å²) in [6.07, 6.45) is 1.11. The van der Waals surface area contributed by atoms with Crippen LogP contribution in [0.1, 0.15) is 19.8 Å². The molecule has 0 aliphatic carbocycles. The van der Waals surface area contributed by atoms with Gasteiger partial charge in [0.25, 0.3) is 0 Å². The van der Waals surface area contributed by atoms with Crippen LogP contribution in [0.15, 0.2) is 30.3 Å². The zero-order chi connectivity index (χ0) is 13.4. The SMILES string of the molecule is CC(CO)N(C)C(=O)CCCOc1ccccc1. The molecule has 100 valence electrons. The largest absolute Gasteiger partial charge is 0.494 e. The Morgan fingerprint density at radius 3 is 2.67 bits per heavy atom. The highest BCUT2D eigenvalue weighted by Crippen LogP contribution is 2.09. The fraction of sp³-hybridized carbons (Fsp3) is 0.500. The number of benzene rings is 1. The number of carbonyl (C=O) groups excluding carboxylic acids is 1. The monoisotopic (exact) mass is 251 g/mol. The van der Waals surface area contributed by atoms with Crippen molar-refractivity contribution in [3.63, 3.8) is 0 Å². The highest BCUT2D eigenvalue weighted by molar-refractivity contribution is 5.76. The van der Waals surface area contributed by atoms with Crippen molar-refractivity contribution in [3.05, 3.63) is 30.3 Å². The lowest BCUT2D eigenvalue weighted by Crippen LogP contribution is -2.37. The van der Waals surface area contributed by atoms with Gasteiger partial charge in [0.05, 0.1) is 19.3 Å². The number of likely N-dealkylation sites (N-methyl/N-ethyl adjacent to an activating group) is 1. The number of aliphatic hydroxyl groups excluding tert-OH is 1. The molecule has 1 amide bonds. The molecular weight excluding hydrogens is 230 g/mol. The van der Waals surface area contributed by atoms with Crippen LogP contribution in [0.3, 0.4) is 0 Å². The first-order valence-corrected chi connectivity index (χ1v) is 6.19. The fourth-order valence-electron chi connectivity index (χ4n) is 1.47. The molecule has 1 aromatic rings. The van der Waals surface area contributed by atoms with Crippen LogP contribution in [-0.2, 0) is 4.79 Å². The molecule has 0 fully saturated rings. The van der Waals surface area contributed by atoms with Gasteiger partial charge in [-0.05, 0) is 25.5 Å². The van der Waals surface area contributed by atoms with Crippen LogP contribution in [-0.4, -0.2) is 42.2 Å². The zero-order valence-corrected chi connectivity index (χ0v) is 11.0. The van der Waals surface area contributed by atoms with Crippen LogP contribution in [0.4, 0.5) is 0 Å². The maximum Gasteiger partial charge on any atom is 0.222 e. The van der Waals surface area contributed by atoms with Gasteiger partial charge in [-0.2, -0.15) is 0 Å². The summed E-state index contributed by atoms with van der Waals surface area (Å²) in [4.78, 5) is 13.3. The first-order chi connectivity index (χ1) is 8.65. The van der Waals surface area contributed by atoms with E-state index in [1.54, 1.807) is 11.9 Å². The van der Waals surface area contributed by atoms with Crippen molar-refractivity contribution in [2.75, 3.05) is 20.3 Å². The van der Waals surface area contributed by atoms with Crippen molar-refractivity contribution in [1.82, 2.24) is 4.90 Å². The van der Waals surface area contributed by atoms with Crippen LogP contribution in [0.2, 0.25) is 0 Å². The van der Waals surface area contributed by atoms with Gasteiger partial charge in [0.2, 0.25) is 5.91 Å². The van der Waals surface area contributed by atoms with E-state index in [9.17, 15) is 4.79 Å². The molecule has 0 aliphatic heterocycles. The zero-order valence-electron chi connectivity index (χ0n) is 11.0. The minimum atomic E-state index is -0.132. The van der Waals surface area contributed by atoms with Gasteiger partial charge in [-0.15, -0.1) is 0 Å². The summed E-state index contributed by atoms with van der Waals surface area (Å²) in [6.45, 7) is 2.33. The highest BCUT2D eigenvalue weighted by Gasteiger charge is 2.13. The Morgan fingerprint density at radius 1 is 1.39 bits per heavy atom. The molecule has 0 spiro atoms. The lowest BCUT2D eigenvalue weighted by Gasteiger charge is -2.23. The number of nitrogens with zero attached hydrogens (tertiary/aromatic N) is 1.